The second-order valence-corrected chi connectivity index (χ2v) is 5.30. The zero-order valence-electron chi connectivity index (χ0n) is 12.1. The molecule has 0 saturated carbocycles. The van der Waals surface area contributed by atoms with E-state index in [4.69, 9.17) is 0 Å². The molecule has 2 heterocycles. The van der Waals surface area contributed by atoms with Gasteiger partial charge in [0.2, 0.25) is 0 Å². The molecule has 1 aliphatic rings. The van der Waals surface area contributed by atoms with E-state index in [0.717, 1.165) is 23.2 Å². The van der Waals surface area contributed by atoms with Gasteiger partial charge in [0.25, 0.3) is 0 Å². The van der Waals surface area contributed by atoms with Crippen LogP contribution in [-0.2, 0) is 11.2 Å². The van der Waals surface area contributed by atoms with Crippen LogP contribution in [0.3, 0.4) is 0 Å². The van der Waals surface area contributed by atoms with Gasteiger partial charge >= 0.3 is 5.97 Å². The first-order valence-corrected chi connectivity index (χ1v) is 6.96. The van der Waals surface area contributed by atoms with Crippen LogP contribution >= 0.6 is 0 Å². The molecule has 1 aliphatic heterocycles. The highest BCUT2D eigenvalue weighted by Gasteiger charge is 2.33. The van der Waals surface area contributed by atoms with Crippen LogP contribution in [-0.4, -0.2) is 27.6 Å². The number of aliphatic carboxylic acids is 1. The largest absolute Gasteiger partial charge is 0.479 e. The first-order valence-electron chi connectivity index (χ1n) is 6.96. The molecule has 1 aromatic carbocycles. The Hall–Kier alpha value is -2.43. The monoisotopic (exact) mass is 283 g/mol. The third kappa shape index (κ3) is 2.46. The van der Waals surface area contributed by atoms with Crippen LogP contribution in [0, 0.1) is 13.8 Å². The highest BCUT2D eigenvalue weighted by atomic mass is 16.4. The van der Waals surface area contributed by atoms with E-state index in [1.165, 1.54) is 0 Å². The molecule has 2 aromatic rings. The van der Waals surface area contributed by atoms with Gasteiger partial charge in [-0.1, -0.05) is 24.3 Å². The Morgan fingerprint density at radius 2 is 2.05 bits per heavy atom. The summed E-state index contributed by atoms with van der Waals surface area (Å²) in [5, 5.41) is 9.67. The number of carboxylic acids is 1. The van der Waals surface area contributed by atoms with Gasteiger partial charge in [-0.25, -0.2) is 14.8 Å². The highest BCUT2D eigenvalue weighted by molar-refractivity contribution is 5.81. The molecule has 5 heteroatoms. The third-order valence-corrected chi connectivity index (χ3v) is 3.76. The summed E-state index contributed by atoms with van der Waals surface area (Å²) in [5.41, 5.74) is 2.80. The highest BCUT2D eigenvalue weighted by Crippen LogP contribution is 2.33. The number of nitrogens with zero attached hydrogens (tertiary/aromatic N) is 3. The van der Waals surface area contributed by atoms with Crippen LogP contribution < -0.4 is 4.90 Å². The summed E-state index contributed by atoms with van der Waals surface area (Å²) in [6, 6.07) is 8.88. The molecule has 21 heavy (non-hydrogen) atoms. The molecule has 108 valence electrons. The van der Waals surface area contributed by atoms with Crippen molar-refractivity contribution < 1.29 is 9.90 Å². The van der Waals surface area contributed by atoms with Crippen molar-refractivity contribution in [3.05, 3.63) is 53.0 Å². The van der Waals surface area contributed by atoms with Gasteiger partial charge in [-0.15, -0.1) is 0 Å². The maximum atomic E-state index is 11.8. The number of rotatable bonds is 2. The van der Waals surface area contributed by atoms with Gasteiger partial charge in [0, 0.05) is 18.3 Å². The van der Waals surface area contributed by atoms with Crippen molar-refractivity contribution in [2.45, 2.75) is 26.3 Å². The van der Waals surface area contributed by atoms with Gasteiger partial charge in [0.05, 0.1) is 0 Å². The van der Waals surface area contributed by atoms with Crippen LogP contribution in [0.5, 0.6) is 0 Å². The Bertz CT molecular complexity index is 679. The van der Waals surface area contributed by atoms with Crippen LogP contribution in [0.1, 0.15) is 28.7 Å². The van der Waals surface area contributed by atoms with Crippen LogP contribution in [0.25, 0.3) is 0 Å². The first-order chi connectivity index (χ1) is 10.1. The van der Waals surface area contributed by atoms with Gasteiger partial charge in [-0.2, -0.15) is 0 Å². The Morgan fingerprint density at radius 1 is 1.29 bits per heavy atom. The van der Waals surface area contributed by atoms with E-state index in [0.29, 0.717) is 18.2 Å². The fourth-order valence-electron chi connectivity index (χ4n) is 2.92. The summed E-state index contributed by atoms with van der Waals surface area (Å²) in [5.74, 6) is 0.492. The smallest absolute Gasteiger partial charge is 0.331 e. The average molecular weight is 283 g/mol. The molecule has 0 bridgehead atoms. The minimum absolute atomic E-state index is 0.643. The number of aryl methyl sites for hydroxylation is 2. The van der Waals surface area contributed by atoms with Crippen LogP contribution in [0.2, 0.25) is 0 Å². The Kier molecular flexibility index (Phi) is 3.33. The zero-order valence-corrected chi connectivity index (χ0v) is 12.1. The summed E-state index contributed by atoms with van der Waals surface area (Å²) < 4.78 is 0. The van der Waals surface area contributed by atoms with Gasteiger partial charge < -0.3 is 10.0 Å². The zero-order chi connectivity index (χ0) is 15.0. The summed E-state index contributed by atoms with van der Waals surface area (Å²) >= 11 is 0. The fraction of sp³-hybridized carbons (Fsp3) is 0.312. The molecule has 0 saturated heterocycles. The molecule has 5 nitrogen and oxygen atoms in total. The van der Waals surface area contributed by atoms with Gasteiger partial charge in [0.1, 0.15) is 11.6 Å². The summed E-state index contributed by atoms with van der Waals surface area (Å²) in [4.78, 5) is 22.3. The lowest BCUT2D eigenvalue weighted by atomic mass is 9.92. The predicted molar refractivity (Wildman–Crippen MR) is 79.4 cm³/mol. The summed E-state index contributed by atoms with van der Waals surface area (Å²) in [6.07, 6.45) is 0.821. The molecule has 1 aromatic heterocycles. The lowest BCUT2D eigenvalue weighted by Gasteiger charge is -2.35. The molecule has 0 radical (unpaired) electrons. The van der Waals surface area contributed by atoms with Crippen molar-refractivity contribution in [3.63, 3.8) is 0 Å². The Morgan fingerprint density at radius 3 is 2.76 bits per heavy atom. The first kappa shape index (κ1) is 13.5. The van der Waals surface area contributed by atoms with Crippen molar-refractivity contribution in [3.8, 4) is 0 Å². The number of aromatic nitrogens is 2. The maximum absolute atomic E-state index is 11.8. The van der Waals surface area contributed by atoms with Crippen LogP contribution in [0.15, 0.2) is 30.3 Å². The molecule has 1 unspecified atom stereocenters. The number of benzene rings is 1. The second kappa shape index (κ2) is 5.16. The van der Waals surface area contributed by atoms with E-state index < -0.39 is 12.0 Å². The minimum atomic E-state index is -0.851. The van der Waals surface area contributed by atoms with E-state index in [1.54, 1.807) is 0 Å². The maximum Gasteiger partial charge on any atom is 0.331 e. The lowest BCUT2D eigenvalue weighted by Crippen LogP contribution is -2.40. The topological polar surface area (TPSA) is 66.3 Å². The summed E-state index contributed by atoms with van der Waals surface area (Å²) in [7, 11) is 0. The predicted octanol–water partition coefficient (Wildman–Crippen LogP) is 2.28. The van der Waals surface area contributed by atoms with Gasteiger partial charge in [0.15, 0.2) is 6.04 Å². The van der Waals surface area contributed by atoms with Crippen molar-refractivity contribution in [1.29, 1.82) is 0 Å². The Balaban J connectivity index is 2.09. The lowest BCUT2D eigenvalue weighted by molar-refractivity contribution is -0.138. The standard InChI is InChI=1S/C16H17N3O2/c1-10-9-14(18-11(2)17-10)19-8-7-12-5-3-4-6-13(12)15(19)16(20)21/h3-6,9,15H,7-8H2,1-2H3,(H,20,21). The molecule has 3 rings (SSSR count). The minimum Gasteiger partial charge on any atom is -0.479 e. The van der Waals surface area contributed by atoms with E-state index in [2.05, 4.69) is 9.97 Å². The third-order valence-electron chi connectivity index (χ3n) is 3.76. The molecule has 0 fully saturated rings. The molecule has 1 atom stereocenters. The van der Waals surface area contributed by atoms with E-state index in [1.807, 2.05) is 49.1 Å². The van der Waals surface area contributed by atoms with E-state index in [9.17, 15) is 9.90 Å². The Labute approximate surface area is 123 Å². The van der Waals surface area contributed by atoms with E-state index in [-0.39, 0.29) is 0 Å². The fourth-order valence-corrected chi connectivity index (χ4v) is 2.92. The van der Waals surface area contributed by atoms with Crippen molar-refractivity contribution >= 4 is 11.8 Å². The van der Waals surface area contributed by atoms with Crippen LogP contribution in [0.4, 0.5) is 5.82 Å². The summed E-state index contributed by atoms with van der Waals surface area (Å²) in [6.45, 7) is 4.36. The second-order valence-electron chi connectivity index (χ2n) is 5.30. The molecular formula is C16H17N3O2. The normalized spacial score (nSPS) is 17.4. The number of fused-ring (bicyclic) bond motifs is 1. The van der Waals surface area contributed by atoms with Gasteiger partial charge in [-0.3, -0.25) is 0 Å². The molecule has 1 N–H and O–H groups in total. The van der Waals surface area contributed by atoms with E-state index >= 15 is 0 Å². The molecule has 0 spiro atoms. The van der Waals surface area contributed by atoms with Gasteiger partial charge in [-0.05, 0) is 31.4 Å². The molecule has 0 amide bonds. The average Bonchev–Trinajstić information content (AvgIpc) is 2.44. The SMILES string of the molecule is Cc1cc(N2CCc3ccccc3C2C(=O)O)nc(C)n1. The van der Waals surface area contributed by atoms with Crippen molar-refractivity contribution in [2.75, 3.05) is 11.4 Å². The number of hydrogen-bond acceptors (Lipinski definition) is 4. The van der Waals surface area contributed by atoms with Crippen molar-refractivity contribution in [1.82, 2.24) is 9.97 Å². The van der Waals surface area contributed by atoms with Crippen molar-refractivity contribution in [2.24, 2.45) is 0 Å². The quantitative estimate of drug-likeness (QED) is 0.916. The number of carboxylic acid groups (broad SMARTS) is 1. The molecular weight excluding hydrogens is 266 g/mol. The number of anilines is 1. The number of hydrogen-bond donors (Lipinski definition) is 1. The number of carbonyl (C=O) groups is 1. The molecule has 0 aliphatic carbocycles.